The molecule has 0 atom stereocenters. The minimum Gasteiger partial charge on any atom is -0.456 e. The van der Waals surface area contributed by atoms with Crippen LogP contribution in [0.25, 0.3) is 28.2 Å². The number of nitrogens with one attached hydrogen (secondary N) is 1. The average molecular weight is 417 g/mol. The molecule has 1 N–H and O–H groups in total. The molecule has 0 radical (unpaired) electrons. The molecule has 0 aromatic carbocycles. The number of sulfone groups is 1. The summed E-state index contributed by atoms with van der Waals surface area (Å²) in [4.78, 5) is 20.5. The number of rotatable bonds is 3. The van der Waals surface area contributed by atoms with Gasteiger partial charge in [0.05, 0.1) is 4.91 Å². The summed E-state index contributed by atoms with van der Waals surface area (Å²) in [6.45, 7) is 0. The Kier molecular flexibility index (Phi) is 4.33. The quantitative estimate of drug-likeness (QED) is 0.513. The molecule has 1 amide bonds. The maximum absolute atomic E-state index is 11.8. The number of thioether (sulfide) groups is 1. The number of pyridine rings is 2. The van der Waals surface area contributed by atoms with Gasteiger partial charge in [0.1, 0.15) is 15.7 Å². The highest BCUT2D eigenvalue weighted by Crippen LogP contribution is 2.32. The fraction of sp³-hybridized carbons (Fsp3) is 0.0588. The van der Waals surface area contributed by atoms with Crippen molar-refractivity contribution < 1.29 is 17.6 Å². The normalized spacial score (nSPS) is 16.3. The van der Waals surface area contributed by atoms with Crippen LogP contribution >= 0.6 is 24.0 Å². The fourth-order valence-electron chi connectivity index (χ4n) is 2.57. The van der Waals surface area contributed by atoms with Crippen molar-refractivity contribution in [3.8, 4) is 11.1 Å². The van der Waals surface area contributed by atoms with E-state index in [1.54, 1.807) is 30.6 Å². The van der Waals surface area contributed by atoms with Gasteiger partial charge in [-0.2, -0.15) is 0 Å². The van der Waals surface area contributed by atoms with Crippen molar-refractivity contribution in [1.82, 2.24) is 15.3 Å². The summed E-state index contributed by atoms with van der Waals surface area (Å²) >= 11 is 6.15. The first-order chi connectivity index (χ1) is 12.8. The molecule has 1 aliphatic rings. The van der Waals surface area contributed by atoms with E-state index in [-0.39, 0.29) is 10.9 Å². The Morgan fingerprint density at radius 2 is 2.07 bits per heavy atom. The Balaban J connectivity index is 1.77. The zero-order chi connectivity index (χ0) is 19.2. The number of thiocarbonyl (C=S) groups is 1. The number of carbonyl (C=O) groups excluding carboxylic acids is 1. The summed E-state index contributed by atoms with van der Waals surface area (Å²) in [5.41, 5.74) is 1.91. The van der Waals surface area contributed by atoms with E-state index in [2.05, 4.69) is 15.3 Å². The van der Waals surface area contributed by atoms with Gasteiger partial charge in [-0.05, 0) is 18.2 Å². The van der Waals surface area contributed by atoms with Crippen molar-refractivity contribution in [3.05, 3.63) is 47.5 Å². The Morgan fingerprint density at radius 3 is 2.70 bits per heavy atom. The molecule has 0 saturated carbocycles. The smallest absolute Gasteiger partial charge is 0.263 e. The van der Waals surface area contributed by atoms with E-state index >= 15 is 0 Å². The summed E-state index contributed by atoms with van der Waals surface area (Å²) in [5, 5.41) is 3.30. The number of fused-ring (bicyclic) bond motifs is 1. The first kappa shape index (κ1) is 17.8. The van der Waals surface area contributed by atoms with Crippen LogP contribution in [0.4, 0.5) is 0 Å². The second kappa shape index (κ2) is 6.55. The van der Waals surface area contributed by atoms with Gasteiger partial charge in [0.2, 0.25) is 0 Å². The van der Waals surface area contributed by atoms with Gasteiger partial charge in [0.25, 0.3) is 5.91 Å². The van der Waals surface area contributed by atoms with E-state index in [1.165, 1.54) is 24.0 Å². The maximum atomic E-state index is 11.8. The lowest BCUT2D eigenvalue weighted by molar-refractivity contribution is -0.115. The van der Waals surface area contributed by atoms with Gasteiger partial charge in [0.15, 0.2) is 14.9 Å². The predicted molar refractivity (Wildman–Crippen MR) is 107 cm³/mol. The van der Waals surface area contributed by atoms with Crippen LogP contribution in [-0.2, 0) is 14.6 Å². The topological polar surface area (TPSA) is 102 Å². The van der Waals surface area contributed by atoms with E-state index < -0.39 is 9.84 Å². The van der Waals surface area contributed by atoms with Gasteiger partial charge in [-0.15, -0.1) is 0 Å². The summed E-state index contributed by atoms with van der Waals surface area (Å²) in [6, 6.07) is 4.86. The Morgan fingerprint density at radius 1 is 1.26 bits per heavy atom. The lowest BCUT2D eigenvalue weighted by atomic mass is 10.1. The van der Waals surface area contributed by atoms with E-state index in [1.807, 2.05) is 0 Å². The standard InChI is InChI=1S/C17H11N3O4S3/c1-27(22,23)14-3-2-9(7-19-14)12-8-18-6-10-4-11(24-15(10)12)5-13-16(21)20-17(25)26-13/h2-8H,1H3,(H,20,21,25)/b13-5-. The van der Waals surface area contributed by atoms with Gasteiger partial charge in [0, 0.05) is 47.4 Å². The molecule has 0 unspecified atom stereocenters. The third-order valence-electron chi connectivity index (χ3n) is 3.78. The zero-order valence-corrected chi connectivity index (χ0v) is 16.2. The number of furan rings is 1. The number of carbonyl (C=O) groups is 1. The first-order valence-electron chi connectivity index (χ1n) is 7.60. The van der Waals surface area contributed by atoms with Gasteiger partial charge in [-0.25, -0.2) is 13.4 Å². The molecule has 4 heterocycles. The largest absolute Gasteiger partial charge is 0.456 e. The van der Waals surface area contributed by atoms with E-state index in [4.69, 9.17) is 16.6 Å². The Labute approximate surface area is 163 Å². The number of nitrogens with zero attached hydrogens (tertiary/aromatic N) is 2. The van der Waals surface area contributed by atoms with Crippen LogP contribution in [0.2, 0.25) is 0 Å². The molecule has 0 bridgehead atoms. The lowest BCUT2D eigenvalue weighted by Crippen LogP contribution is -2.17. The van der Waals surface area contributed by atoms with Crippen LogP contribution in [0.15, 0.2) is 51.1 Å². The molecular formula is C17H11N3O4S3. The van der Waals surface area contributed by atoms with Crippen molar-refractivity contribution in [1.29, 1.82) is 0 Å². The fourth-order valence-corrected chi connectivity index (χ4v) is 4.15. The molecule has 1 fully saturated rings. The van der Waals surface area contributed by atoms with Crippen LogP contribution in [0, 0.1) is 0 Å². The summed E-state index contributed by atoms with van der Waals surface area (Å²) in [5.74, 6) is 0.228. The molecule has 136 valence electrons. The number of amides is 1. The van der Waals surface area contributed by atoms with E-state index in [0.29, 0.717) is 31.7 Å². The molecule has 1 saturated heterocycles. The van der Waals surface area contributed by atoms with Crippen LogP contribution in [0.5, 0.6) is 0 Å². The summed E-state index contributed by atoms with van der Waals surface area (Å²) < 4.78 is 29.4. The highest BCUT2D eigenvalue weighted by molar-refractivity contribution is 8.26. The van der Waals surface area contributed by atoms with Gasteiger partial charge in [-0.1, -0.05) is 24.0 Å². The monoisotopic (exact) mass is 417 g/mol. The van der Waals surface area contributed by atoms with Gasteiger partial charge >= 0.3 is 0 Å². The lowest BCUT2D eigenvalue weighted by Gasteiger charge is -2.03. The SMILES string of the molecule is CS(=O)(=O)c1ccc(-c2cncc3cc(/C=C4\SC(=S)NC4=O)oc23)cn1. The molecule has 0 spiro atoms. The van der Waals surface area contributed by atoms with Gasteiger partial charge < -0.3 is 9.73 Å². The van der Waals surface area contributed by atoms with Crippen molar-refractivity contribution in [2.75, 3.05) is 6.26 Å². The van der Waals surface area contributed by atoms with Crippen molar-refractivity contribution in [2.45, 2.75) is 5.03 Å². The second-order valence-electron chi connectivity index (χ2n) is 5.76. The Bertz CT molecular complexity index is 1230. The number of hydrogen-bond donors (Lipinski definition) is 1. The van der Waals surface area contributed by atoms with Crippen LogP contribution in [0.3, 0.4) is 0 Å². The zero-order valence-electron chi connectivity index (χ0n) is 13.8. The van der Waals surface area contributed by atoms with Crippen LogP contribution in [-0.4, -0.2) is 34.9 Å². The average Bonchev–Trinajstić information content (AvgIpc) is 3.16. The molecule has 3 aromatic rings. The molecule has 1 aliphatic heterocycles. The summed E-state index contributed by atoms with van der Waals surface area (Å²) in [6.07, 6.45) is 7.45. The summed E-state index contributed by atoms with van der Waals surface area (Å²) in [7, 11) is -3.37. The van der Waals surface area contributed by atoms with Crippen molar-refractivity contribution in [3.63, 3.8) is 0 Å². The molecule has 10 heteroatoms. The molecule has 4 rings (SSSR count). The molecule has 0 aliphatic carbocycles. The van der Waals surface area contributed by atoms with E-state index in [0.717, 1.165) is 11.6 Å². The maximum Gasteiger partial charge on any atom is 0.263 e. The molecule has 7 nitrogen and oxygen atoms in total. The second-order valence-corrected chi connectivity index (χ2v) is 9.45. The van der Waals surface area contributed by atoms with Crippen molar-refractivity contribution >= 4 is 61.1 Å². The molecule has 3 aromatic heterocycles. The molecule has 27 heavy (non-hydrogen) atoms. The minimum absolute atomic E-state index is 0.00325. The Hall–Kier alpha value is -2.56. The van der Waals surface area contributed by atoms with Crippen molar-refractivity contribution in [2.24, 2.45) is 0 Å². The highest BCUT2D eigenvalue weighted by atomic mass is 32.2. The third kappa shape index (κ3) is 3.51. The van der Waals surface area contributed by atoms with Gasteiger partial charge in [-0.3, -0.25) is 9.78 Å². The molecular weight excluding hydrogens is 406 g/mol. The number of aromatic nitrogens is 2. The number of hydrogen-bond acceptors (Lipinski definition) is 8. The highest BCUT2D eigenvalue weighted by Gasteiger charge is 2.23. The predicted octanol–water partition coefficient (Wildman–Crippen LogP) is 2.78. The van der Waals surface area contributed by atoms with Crippen LogP contribution < -0.4 is 5.32 Å². The van der Waals surface area contributed by atoms with E-state index in [9.17, 15) is 13.2 Å². The third-order valence-corrected chi connectivity index (χ3v) is 5.95. The minimum atomic E-state index is -3.37. The van der Waals surface area contributed by atoms with Crippen LogP contribution in [0.1, 0.15) is 5.76 Å². The first-order valence-corrected chi connectivity index (χ1v) is 10.7.